The molecule has 1 aromatic heterocycles. The second-order valence-electron chi connectivity index (χ2n) is 9.30. The number of halogens is 3. The van der Waals surface area contributed by atoms with Crippen molar-refractivity contribution >= 4 is 23.7 Å². The second kappa shape index (κ2) is 9.91. The van der Waals surface area contributed by atoms with Gasteiger partial charge in [-0.15, -0.1) is 0 Å². The Kier molecular flexibility index (Phi) is 7.38. The lowest BCUT2D eigenvalue weighted by atomic mass is 10.0. The highest BCUT2D eigenvalue weighted by atomic mass is 19.4. The number of aromatic nitrogens is 1. The lowest BCUT2D eigenvalue weighted by Crippen LogP contribution is -2.42. The van der Waals surface area contributed by atoms with Crippen molar-refractivity contribution in [1.82, 2.24) is 9.88 Å². The fourth-order valence-corrected chi connectivity index (χ4v) is 3.67. The van der Waals surface area contributed by atoms with Crippen LogP contribution in [0.2, 0.25) is 0 Å². The molecule has 1 amide bonds. The molecule has 1 aromatic rings. The fourth-order valence-electron chi connectivity index (χ4n) is 3.67. The third kappa shape index (κ3) is 5.98. The Hall–Kier alpha value is -3.29. The van der Waals surface area contributed by atoms with Gasteiger partial charge in [-0.25, -0.2) is 9.78 Å². The van der Waals surface area contributed by atoms with Crippen LogP contribution in [0.4, 0.5) is 23.8 Å². The van der Waals surface area contributed by atoms with Crippen molar-refractivity contribution in [2.45, 2.75) is 57.9 Å². The summed E-state index contributed by atoms with van der Waals surface area (Å²) in [6, 6.07) is 2.39. The summed E-state index contributed by atoms with van der Waals surface area (Å²) in [5.74, 6) is 0.0111. The summed E-state index contributed by atoms with van der Waals surface area (Å²) in [5, 5.41) is 9.39. The number of amides is 1. The second-order valence-corrected chi connectivity index (χ2v) is 9.30. The summed E-state index contributed by atoms with van der Waals surface area (Å²) in [6.45, 7) is 7.41. The Balaban J connectivity index is 1.77. The number of pyridine rings is 1. The summed E-state index contributed by atoms with van der Waals surface area (Å²) >= 11 is 0. The predicted molar refractivity (Wildman–Crippen MR) is 122 cm³/mol. The molecule has 0 aliphatic carbocycles. The van der Waals surface area contributed by atoms with Gasteiger partial charge in [0.05, 0.1) is 17.3 Å². The number of aliphatic imine (C=N–C) groups is 1. The van der Waals surface area contributed by atoms with Crippen LogP contribution >= 0.6 is 0 Å². The van der Waals surface area contributed by atoms with Crippen molar-refractivity contribution < 1.29 is 22.7 Å². The standard InChI is InChI=1S/C23H29F3N6O2/c1-22(2,3)34-21(33)32-9-5-16(6-10-32)29-14-15(12-27)19-11-18(23(24,25)26)17(13-28)20(30-19)31-7-4-8-31/h11-12,14,16H,4-10,27H2,1-3H3/b15-12+,29-14?. The van der Waals surface area contributed by atoms with Crippen LogP contribution in [0, 0.1) is 11.3 Å². The number of hydrogen-bond acceptors (Lipinski definition) is 7. The van der Waals surface area contributed by atoms with Crippen molar-refractivity contribution in [3.05, 3.63) is 29.1 Å². The maximum atomic E-state index is 13.7. The summed E-state index contributed by atoms with van der Waals surface area (Å²) < 4.78 is 46.5. The SMILES string of the molecule is CC(C)(C)OC(=O)N1CCC(N=C/C(=C\N)c2cc(C(F)(F)F)c(C#N)c(N3CCC3)n2)CC1. The van der Waals surface area contributed by atoms with Gasteiger partial charge in [-0.1, -0.05) is 0 Å². The van der Waals surface area contributed by atoms with Gasteiger partial charge < -0.3 is 20.3 Å². The summed E-state index contributed by atoms with van der Waals surface area (Å²) in [7, 11) is 0. The molecule has 2 aliphatic heterocycles. The van der Waals surface area contributed by atoms with E-state index in [1.807, 2.05) is 0 Å². The maximum Gasteiger partial charge on any atom is 0.417 e. The van der Waals surface area contributed by atoms with Gasteiger partial charge in [0.1, 0.15) is 23.1 Å². The highest BCUT2D eigenvalue weighted by molar-refractivity contribution is 6.09. The van der Waals surface area contributed by atoms with Crippen LogP contribution < -0.4 is 10.6 Å². The Morgan fingerprint density at radius 2 is 1.91 bits per heavy atom. The fraction of sp³-hybridized carbons (Fsp3) is 0.565. The zero-order valence-corrected chi connectivity index (χ0v) is 19.5. The van der Waals surface area contributed by atoms with E-state index in [4.69, 9.17) is 10.5 Å². The van der Waals surface area contributed by atoms with Gasteiger partial charge in [0.15, 0.2) is 0 Å². The lowest BCUT2D eigenvalue weighted by Gasteiger charge is -2.33. The highest BCUT2D eigenvalue weighted by Gasteiger charge is 2.37. The quantitative estimate of drug-likeness (QED) is 0.657. The van der Waals surface area contributed by atoms with Crippen molar-refractivity contribution in [2.24, 2.45) is 10.7 Å². The van der Waals surface area contributed by atoms with E-state index in [9.17, 15) is 23.2 Å². The van der Waals surface area contributed by atoms with Gasteiger partial charge in [0, 0.05) is 44.2 Å². The zero-order chi connectivity index (χ0) is 25.1. The molecule has 0 unspecified atom stereocenters. The van der Waals surface area contributed by atoms with Crippen LogP contribution in [-0.4, -0.2) is 60.0 Å². The Labute approximate surface area is 196 Å². The Bertz CT molecular complexity index is 1010. The number of nitriles is 1. The molecule has 34 heavy (non-hydrogen) atoms. The number of anilines is 1. The Morgan fingerprint density at radius 3 is 2.38 bits per heavy atom. The average molecular weight is 479 g/mol. The van der Waals surface area contributed by atoms with Crippen LogP contribution in [0.3, 0.4) is 0 Å². The number of rotatable bonds is 4. The van der Waals surface area contributed by atoms with Crippen LogP contribution in [0.1, 0.15) is 56.9 Å². The largest absolute Gasteiger partial charge is 0.444 e. The number of nitrogens with two attached hydrogens (primary N) is 1. The number of allylic oxidation sites excluding steroid dienone is 1. The summed E-state index contributed by atoms with van der Waals surface area (Å²) in [4.78, 5) is 24.3. The van der Waals surface area contributed by atoms with Crippen molar-refractivity contribution in [3.63, 3.8) is 0 Å². The number of carbonyl (C=O) groups excluding carboxylic acids is 1. The van der Waals surface area contributed by atoms with Crippen molar-refractivity contribution in [2.75, 3.05) is 31.1 Å². The zero-order valence-electron chi connectivity index (χ0n) is 19.5. The van der Waals surface area contributed by atoms with Crippen LogP contribution in [0.25, 0.3) is 5.57 Å². The first kappa shape index (κ1) is 25.3. The number of likely N-dealkylation sites (tertiary alicyclic amines) is 1. The van der Waals surface area contributed by atoms with Crippen LogP contribution in [0.15, 0.2) is 17.3 Å². The van der Waals surface area contributed by atoms with E-state index in [1.54, 1.807) is 36.6 Å². The molecule has 0 bridgehead atoms. The molecule has 0 spiro atoms. The number of hydrogen-bond donors (Lipinski definition) is 1. The smallest absolute Gasteiger partial charge is 0.417 e. The molecule has 184 valence electrons. The topological polar surface area (TPSA) is 108 Å². The van der Waals surface area contributed by atoms with Gasteiger partial charge in [0.25, 0.3) is 0 Å². The maximum absolute atomic E-state index is 13.7. The predicted octanol–water partition coefficient (Wildman–Crippen LogP) is 3.95. The third-order valence-corrected chi connectivity index (χ3v) is 5.59. The van der Waals surface area contributed by atoms with E-state index in [-0.39, 0.29) is 29.2 Å². The first-order valence-electron chi connectivity index (χ1n) is 11.1. The lowest BCUT2D eigenvalue weighted by molar-refractivity contribution is -0.137. The van der Waals surface area contributed by atoms with Crippen molar-refractivity contribution in [3.8, 4) is 6.07 Å². The summed E-state index contributed by atoms with van der Waals surface area (Å²) in [5.41, 5.74) is 3.85. The third-order valence-electron chi connectivity index (χ3n) is 5.59. The van der Waals surface area contributed by atoms with E-state index in [0.29, 0.717) is 39.0 Å². The molecular formula is C23H29F3N6O2. The highest BCUT2D eigenvalue weighted by Crippen LogP contribution is 2.37. The molecule has 8 nitrogen and oxygen atoms in total. The molecule has 11 heteroatoms. The molecule has 0 aromatic carbocycles. The first-order valence-corrected chi connectivity index (χ1v) is 11.1. The first-order chi connectivity index (χ1) is 15.9. The van der Waals surface area contributed by atoms with E-state index >= 15 is 0 Å². The van der Waals surface area contributed by atoms with Crippen LogP contribution in [0.5, 0.6) is 0 Å². The van der Waals surface area contributed by atoms with Gasteiger partial charge in [-0.3, -0.25) is 4.99 Å². The summed E-state index contributed by atoms with van der Waals surface area (Å²) in [6.07, 6.45) is -0.523. The van der Waals surface area contributed by atoms with E-state index in [0.717, 1.165) is 18.7 Å². The number of nitrogens with zero attached hydrogens (tertiary/aromatic N) is 5. The Morgan fingerprint density at radius 1 is 1.26 bits per heavy atom. The minimum absolute atomic E-state index is 0.00525. The van der Waals surface area contributed by atoms with Gasteiger partial charge in [-0.2, -0.15) is 18.4 Å². The average Bonchev–Trinajstić information content (AvgIpc) is 2.71. The van der Waals surface area contributed by atoms with Crippen LogP contribution in [-0.2, 0) is 10.9 Å². The molecule has 0 radical (unpaired) electrons. The molecule has 3 heterocycles. The molecule has 2 aliphatic rings. The molecule has 3 rings (SSSR count). The molecular weight excluding hydrogens is 449 g/mol. The molecule has 2 N–H and O–H groups in total. The molecule has 2 saturated heterocycles. The molecule has 0 saturated carbocycles. The number of carbonyl (C=O) groups is 1. The van der Waals surface area contributed by atoms with Gasteiger partial charge >= 0.3 is 12.3 Å². The minimum atomic E-state index is -4.71. The van der Waals surface area contributed by atoms with E-state index in [1.165, 1.54) is 6.21 Å². The number of alkyl halides is 3. The van der Waals surface area contributed by atoms with E-state index in [2.05, 4.69) is 9.98 Å². The van der Waals surface area contributed by atoms with E-state index < -0.39 is 22.9 Å². The molecule has 2 fully saturated rings. The number of piperidine rings is 1. The monoisotopic (exact) mass is 478 g/mol. The normalized spacial score (nSPS) is 18.1. The number of ether oxygens (including phenoxy) is 1. The van der Waals surface area contributed by atoms with Crippen molar-refractivity contribution in [1.29, 1.82) is 5.26 Å². The minimum Gasteiger partial charge on any atom is -0.444 e. The van der Waals surface area contributed by atoms with Gasteiger partial charge in [0.2, 0.25) is 0 Å². The molecule has 0 atom stereocenters. The van der Waals surface area contributed by atoms with Gasteiger partial charge in [-0.05, 0) is 46.1 Å².